The molecule has 2 N–H and O–H groups in total. The Bertz CT molecular complexity index is 316. The fraction of sp³-hybridized carbons (Fsp3) is 0.750. The molecule has 1 saturated carbocycles. The second-order valence-electron chi connectivity index (χ2n) is 4.79. The molecule has 1 heterocycles. The number of hydrogen-bond acceptors (Lipinski definition) is 3. The van der Waals surface area contributed by atoms with Gasteiger partial charge in [0, 0.05) is 19.8 Å². The third-order valence-corrected chi connectivity index (χ3v) is 3.32. The minimum atomic E-state index is -0.0490. The van der Waals surface area contributed by atoms with Crippen LogP contribution in [0.15, 0.2) is 12.3 Å². The first-order chi connectivity index (χ1) is 7.74. The van der Waals surface area contributed by atoms with Crippen molar-refractivity contribution in [2.75, 3.05) is 6.54 Å². The Labute approximate surface area is 96.7 Å². The molecular formula is C12H21N3O. The van der Waals surface area contributed by atoms with Crippen LogP contribution in [0.5, 0.6) is 0 Å². The Morgan fingerprint density at radius 3 is 2.81 bits per heavy atom. The molecule has 90 valence electrons. The molecule has 4 heteroatoms. The van der Waals surface area contributed by atoms with Crippen molar-refractivity contribution in [2.45, 2.75) is 38.3 Å². The summed E-state index contributed by atoms with van der Waals surface area (Å²) >= 11 is 0. The first-order valence-corrected chi connectivity index (χ1v) is 6.11. The monoisotopic (exact) mass is 223 g/mol. The van der Waals surface area contributed by atoms with E-state index in [4.69, 9.17) is 0 Å². The maximum Gasteiger partial charge on any atom is 0.0762 e. The van der Waals surface area contributed by atoms with E-state index in [1.165, 1.54) is 0 Å². The molecule has 0 saturated heterocycles. The van der Waals surface area contributed by atoms with Gasteiger partial charge in [0.05, 0.1) is 11.8 Å². The molecule has 2 rings (SSSR count). The fourth-order valence-electron chi connectivity index (χ4n) is 2.31. The first kappa shape index (κ1) is 11.6. The minimum absolute atomic E-state index is 0.0490. The van der Waals surface area contributed by atoms with E-state index in [9.17, 15) is 5.11 Å². The Balaban J connectivity index is 1.64. The van der Waals surface area contributed by atoms with Crippen LogP contribution in [-0.4, -0.2) is 27.5 Å². The van der Waals surface area contributed by atoms with Gasteiger partial charge in [0.25, 0.3) is 0 Å². The lowest BCUT2D eigenvalue weighted by Gasteiger charge is -2.25. The molecule has 1 fully saturated rings. The van der Waals surface area contributed by atoms with E-state index in [-0.39, 0.29) is 6.10 Å². The molecule has 1 aliphatic carbocycles. The highest BCUT2D eigenvalue weighted by Gasteiger charge is 2.18. The molecule has 16 heavy (non-hydrogen) atoms. The Hall–Kier alpha value is -0.870. The molecule has 4 nitrogen and oxygen atoms in total. The van der Waals surface area contributed by atoms with Crippen molar-refractivity contribution >= 4 is 0 Å². The Morgan fingerprint density at radius 2 is 2.19 bits per heavy atom. The quantitative estimate of drug-likeness (QED) is 0.802. The van der Waals surface area contributed by atoms with Crippen molar-refractivity contribution in [1.82, 2.24) is 15.1 Å². The van der Waals surface area contributed by atoms with Crippen LogP contribution in [0.1, 0.15) is 31.4 Å². The molecule has 0 aromatic carbocycles. The van der Waals surface area contributed by atoms with Crippen molar-refractivity contribution in [2.24, 2.45) is 13.0 Å². The summed E-state index contributed by atoms with van der Waals surface area (Å²) in [6, 6.07) is 2.04. The molecule has 0 aliphatic heterocycles. The predicted octanol–water partition coefficient (Wildman–Crippen LogP) is 1.06. The number of rotatable bonds is 4. The van der Waals surface area contributed by atoms with Crippen LogP contribution in [0.3, 0.4) is 0 Å². The summed E-state index contributed by atoms with van der Waals surface area (Å²) in [6.45, 7) is 1.89. The number of nitrogens with zero attached hydrogens (tertiary/aromatic N) is 2. The van der Waals surface area contributed by atoms with Crippen LogP contribution in [0, 0.1) is 5.92 Å². The van der Waals surface area contributed by atoms with E-state index in [1.807, 2.05) is 24.0 Å². The van der Waals surface area contributed by atoms with Gasteiger partial charge in [-0.15, -0.1) is 0 Å². The third kappa shape index (κ3) is 3.32. The molecule has 0 bridgehead atoms. The van der Waals surface area contributed by atoms with Crippen molar-refractivity contribution in [3.05, 3.63) is 18.0 Å². The summed E-state index contributed by atoms with van der Waals surface area (Å²) in [7, 11) is 1.94. The zero-order chi connectivity index (χ0) is 11.4. The lowest BCUT2D eigenvalue weighted by atomic mass is 9.87. The average Bonchev–Trinajstić information content (AvgIpc) is 2.67. The molecule has 0 atom stereocenters. The third-order valence-electron chi connectivity index (χ3n) is 3.32. The number of aliphatic hydroxyl groups is 1. The minimum Gasteiger partial charge on any atom is -0.393 e. The number of aliphatic hydroxyl groups excluding tert-OH is 1. The Kier molecular flexibility index (Phi) is 3.96. The normalized spacial score (nSPS) is 25.9. The van der Waals surface area contributed by atoms with E-state index in [0.717, 1.165) is 50.4 Å². The number of aromatic nitrogens is 2. The number of aryl methyl sites for hydroxylation is 1. The van der Waals surface area contributed by atoms with Crippen molar-refractivity contribution in [3.63, 3.8) is 0 Å². The van der Waals surface area contributed by atoms with Crippen LogP contribution in [0.4, 0.5) is 0 Å². The summed E-state index contributed by atoms with van der Waals surface area (Å²) < 4.78 is 1.83. The molecule has 0 unspecified atom stereocenters. The van der Waals surface area contributed by atoms with Crippen LogP contribution >= 0.6 is 0 Å². The SMILES string of the molecule is Cn1ccc(CNCC2CCC(O)CC2)n1. The fourth-order valence-corrected chi connectivity index (χ4v) is 2.31. The zero-order valence-electron chi connectivity index (χ0n) is 9.89. The van der Waals surface area contributed by atoms with Crippen molar-refractivity contribution < 1.29 is 5.11 Å². The van der Waals surface area contributed by atoms with Crippen molar-refractivity contribution in [1.29, 1.82) is 0 Å². The highest BCUT2D eigenvalue weighted by molar-refractivity contribution is 4.97. The van der Waals surface area contributed by atoms with Gasteiger partial charge in [-0.3, -0.25) is 4.68 Å². The topological polar surface area (TPSA) is 50.1 Å². The van der Waals surface area contributed by atoms with Crippen molar-refractivity contribution in [3.8, 4) is 0 Å². The van der Waals surface area contributed by atoms with Crippen LogP contribution in [0.2, 0.25) is 0 Å². The van der Waals surface area contributed by atoms with E-state index < -0.39 is 0 Å². The van der Waals surface area contributed by atoms with Gasteiger partial charge in [-0.25, -0.2) is 0 Å². The summed E-state index contributed by atoms with van der Waals surface area (Å²) in [5.74, 6) is 0.729. The summed E-state index contributed by atoms with van der Waals surface area (Å²) in [5, 5.41) is 17.2. The van der Waals surface area contributed by atoms with Gasteiger partial charge < -0.3 is 10.4 Å². The first-order valence-electron chi connectivity index (χ1n) is 6.11. The molecule has 1 aromatic rings. The van der Waals surface area contributed by atoms with E-state index in [1.54, 1.807) is 0 Å². The predicted molar refractivity (Wildman–Crippen MR) is 62.9 cm³/mol. The summed E-state index contributed by atoms with van der Waals surface area (Å²) in [4.78, 5) is 0. The van der Waals surface area contributed by atoms with Gasteiger partial charge in [0.15, 0.2) is 0 Å². The highest BCUT2D eigenvalue weighted by Crippen LogP contribution is 2.23. The second kappa shape index (κ2) is 5.46. The van der Waals surface area contributed by atoms with Gasteiger partial charge in [0.1, 0.15) is 0 Å². The average molecular weight is 223 g/mol. The lowest BCUT2D eigenvalue weighted by Crippen LogP contribution is -2.27. The molecule has 1 aromatic heterocycles. The van der Waals surface area contributed by atoms with E-state index >= 15 is 0 Å². The standard InChI is InChI=1S/C12H21N3O/c1-15-7-6-11(14-15)9-13-8-10-2-4-12(16)5-3-10/h6-7,10,12-13,16H,2-5,8-9H2,1H3. The van der Waals surface area contributed by atoms with Gasteiger partial charge in [-0.1, -0.05) is 0 Å². The molecular weight excluding hydrogens is 202 g/mol. The van der Waals surface area contributed by atoms with E-state index in [0.29, 0.717) is 0 Å². The van der Waals surface area contributed by atoms with Gasteiger partial charge >= 0.3 is 0 Å². The summed E-state index contributed by atoms with van der Waals surface area (Å²) in [6.07, 6.45) is 6.15. The van der Waals surface area contributed by atoms with Gasteiger partial charge in [-0.05, 0) is 44.2 Å². The number of hydrogen-bond donors (Lipinski definition) is 2. The Morgan fingerprint density at radius 1 is 1.44 bits per heavy atom. The van der Waals surface area contributed by atoms with Gasteiger partial charge in [0.2, 0.25) is 0 Å². The molecule has 0 spiro atoms. The second-order valence-corrected chi connectivity index (χ2v) is 4.79. The summed E-state index contributed by atoms with van der Waals surface area (Å²) in [5.41, 5.74) is 1.10. The van der Waals surface area contributed by atoms with Gasteiger partial charge in [-0.2, -0.15) is 5.10 Å². The maximum absolute atomic E-state index is 9.40. The lowest BCUT2D eigenvalue weighted by molar-refractivity contribution is 0.108. The maximum atomic E-state index is 9.40. The zero-order valence-corrected chi connectivity index (χ0v) is 9.89. The van der Waals surface area contributed by atoms with Crippen LogP contribution in [-0.2, 0) is 13.6 Å². The molecule has 0 radical (unpaired) electrons. The highest BCUT2D eigenvalue weighted by atomic mass is 16.3. The molecule has 0 amide bonds. The van der Waals surface area contributed by atoms with Crippen LogP contribution in [0.25, 0.3) is 0 Å². The molecule has 1 aliphatic rings. The van der Waals surface area contributed by atoms with Crippen LogP contribution < -0.4 is 5.32 Å². The van der Waals surface area contributed by atoms with E-state index in [2.05, 4.69) is 10.4 Å². The largest absolute Gasteiger partial charge is 0.393 e. The smallest absolute Gasteiger partial charge is 0.0762 e. The number of nitrogens with one attached hydrogen (secondary N) is 1.